The molecule has 0 atom stereocenters. The van der Waals surface area contributed by atoms with Crippen LogP contribution in [0.15, 0.2) is 48.5 Å². The molecule has 3 aromatic rings. The van der Waals surface area contributed by atoms with Gasteiger partial charge in [0, 0.05) is 18.2 Å². The van der Waals surface area contributed by atoms with E-state index >= 15 is 0 Å². The highest BCUT2D eigenvalue weighted by Gasteiger charge is 2.26. The summed E-state index contributed by atoms with van der Waals surface area (Å²) in [6, 6.07) is 11.2. The number of hydrogen-bond acceptors (Lipinski definition) is 9. The molecular weight excluding hydrogens is 600 g/mol. The van der Waals surface area contributed by atoms with Crippen molar-refractivity contribution in [3.8, 4) is 0 Å². The summed E-state index contributed by atoms with van der Waals surface area (Å²) >= 11 is 7.02. The van der Waals surface area contributed by atoms with Gasteiger partial charge in [-0.05, 0) is 77.4 Å². The predicted molar refractivity (Wildman–Crippen MR) is 163 cm³/mol. The molecule has 0 radical (unpaired) electrons. The van der Waals surface area contributed by atoms with Gasteiger partial charge in [0.1, 0.15) is 16.9 Å². The zero-order chi connectivity index (χ0) is 32.1. The SMILES string of the molecule is CC(C)(C)OC(=O)Nc1ccc(C(=O)Nc2c(CNC(=O)c3ccc(Cl)s3)cccc2C(=O)OC(C)(C)C)cc1[N+](=O)[O-]. The fourth-order valence-electron chi connectivity index (χ4n) is 3.63. The lowest BCUT2D eigenvalue weighted by atomic mass is 10.0. The molecule has 3 amide bonds. The Balaban J connectivity index is 1.94. The average Bonchev–Trinajstić information content (AvgIpc) is 3.32. The van der Waals surface area contributed by atoms with Crippen LogP contribution in [-0.2, 0) is 16.0 Å². The second-order valence-electron chi connectivity index (χ2n) is 11.2. The number of thiophene rings is 1. The zero-order valence-electron chi connectivity index (χ0n) is 24.3. The van der Waals surface area contributed by atoms with E-state index in [1.54, 1.807) is 65.8 Å². The number of nitro groups is 1. The van der Waals surface area contributed by atoms with E-state index in [9.17, 15) is 29.3 Å². The molecule has 0 spiro atoms. The summed E-state index contributed by atoms with van der Waals surface area (Å²) in [5.41, 5.74) is -2.14. The molecular formula is C29H31ClN4O8S. The van der Waals surface area contributed by atoms with Crippen molar-refractivity contribution in [3.63, 3.8) is 0 Å². The molecule has 1 heterocycles. The number of carbonyl (C=O) groups is 4. The van der Waals surface area contributed by atoms with E-state index in [4.69, 9.17) is 21.1 Å². The standard InChI is InChI=1S/C29H31ClN4O8S/c1-28(2,3)41-26(37)18-9-7-8-17(15-31-25(36)21-12-13-22(30)43-21)23(18)33-24(35)16-10-11-19(20(14-16)34(39)40)32-27(38)42-29(4,5)6/h7-14H,15H2,1-6H3,(H,31,36)(H,32,38)(H,33,35). The molecule has 228 valence electrons. The lowest BCUT2D eigenvalue weighted by molar-refractivity contribution is -0.384. The van der Waals surface area contributed by atoms with Crippen LogP contribution >= 0.6 is 22.9 Å². The van der Waals surface area contributed by atoms with Gasteiger partial charge < -0.3 is 20.1 Å². The van der Waals surface area contributed by atoms with E-state index in [0.29, 0.717) is 14.8 Å². The number of nitrogens with zero attached hydrogens (tertiary/aromatic N) is 1. The number of para-hydroxylation sites is 1. The lowest BCUT2D eigenvalue weighted by Crippen LogP contribution is -2.27. The highest BCUT2D eigenvalue weighted by molar-refractivity contribution is 7.18. The Bertz CT molecular complexity index is 1570. The molecule has 0 fully saturated rings. The number of nitrogens with one attached hydrogen (secondary N) is 3. The number of nitro benzene ring substituents is 1. The van der Waals surface area contributed by atoms with Crippen molar-refractivity contribution in [2.45, 2.75) is 59.3 Å². The van der Waals surface area contributed by atoms with Crippen molar-refractivity contribution < 1.29 is 33.6 Å². The van der Waals surface area contributed by atoms with Gasteiger partial charge in [-0.3, -0.25) is 25.0 Å². The van der Waals surface area contributed by atoms with E-state index in [-0.39, 0.29) is 29.0 Å². The first kappa shape index (κ1) is 33.0. The van der Waals surface area contributed by atoms with E-state index in [2.05, 4.69) is 16.0 Å². The Labute approximate surface area is 256 Å². The monoisotopic (exact) mass is 630 g/mol. The van der Waals surface area contributed by atoms with Crippen LogP contribution < -0.4 is 16.0 Å². The third kappa shape index (κ3) is 9.51. The molecule has 1 aromatic heterocycles. The van der Waals surface area contributed by atoms with E-state index in [1.807, 2.05) is 0 Å². The first-order valence-corrected chi connectivity index (χ1v) is 14.1. The van der Waals surface area contributed by atoms with E-state index in [0.717, 1.165) is 17.4 Å². The minimum Gasteiger partial charge on any atom is -0.456 e. The third-order valence-corrected chi connectivity index (χ3v) is 6.57. The smallest absolute Gasteiger partial charge is 0.412 e. The minimum absolute atomic E-state index is 0.00639. The van der Waals surface area contributed by atoms with Gasteiger partial charge in [0.25, 0.3) is 17.5 Å². The fraction of sp³-hybridized carbons (Fsp3) is 0.310. The van der Waals surface area contributed by atoms with Gasteiger partial charge in [0.05, 0.1) is 25.4 Å². The quantitative estimate of drug-likeness (QED) is 0.139. The van der Waals surface area contributed by atoms with Crippen LogP contribution in [0, 0.1) is 10.1 Å². The molecule has 0 aliphatic carbocycles. The Morgan fingerprint density at radius 1 is 0.907 bits per heavy atom. The first-order valence-electron chi connectivity index (χ1n) is 12.9. The Hall–Kier alpha value is -4.49. The van der Waals surface area contributed by atoms with E-state index in [1.165, 1.54) is 18.2 Å². The average molecular weight is 631 g/mol. The number of anilines is 2. The maximum absolute atomic E-state index is 13.4. The number of rotatable bonds is 8. The van der Waals surface area contributed by atoms with Gasteiger partial charge in [-0.1, -0.05) is 23.7 Å². The maximum atomic E-state index is 13.4. The molecule has 0 aliphatic heterocycles. The van der Waals surface area contributed by atoms with Gasteiger partial charge in [-0.2, -0.15) is 0 Å². The van der Waals surface area contributed by atoms with Crippen LogP contribution in [0.3, 0.4) is 0 Å². The summed E-state index contributed by atoms with van der Waals surface area (Å²) in [4.78, 5) is 62.7. The molecule has 43 heavy (non-hydrogen) atoms. The largest absolute Gasteiger partial charge is 0.456 e. The van der Waals surface area contributed by atoms with Crippen molar-refractivity contribution in [2.75, 3.05) is 10.6 Å². The molecule has 0 saturated heterocycles. The zero-order valence-corrected chi connectivity index (χ0v) is 25.9. The number of amides is 3. The van der Waals surface area contributed by atoms with Gasteiger partial charge in [0.15, 0.2) is 0 Å². The second kappa shape index (κ2) is 13.2. The van der Waals surface area contributed by atoms with Gasteiger partial charge in [0.2, 0.25) is 0 Å². The number of benzene rings is 2. The molecule has 0 bridgehead atoms. The van der Waals surface area contributed by atoms with Crippen LogP contribution in [0.4, 0.5) is 21.9 Å². The summed E-state index contributed by atoms with van der Waals surface area (Å²) in [6.45, 7) is 9.89. The molecule has 0 aliphatic rings. The number of carbonyl (C=O) groups excluding carboxylic acids is 4. The van der Waals surface area contributed by atoms with Gasteiger partial charge >= 0.3 is 12.1 Å². The van der Waals surface area contributed by atoms with Gasteiger partial charge in [-0.15, -0.1) is 11.3 Å². The highest BCUT2D eigenvalue weighted by atomic mass is 35.5. The Morgan fingerprint density at radius 3 is 2.16 bits per heavy atom. The number of esters is 1. The number of hydrogen-bond donors (Lipinski definition) is 3. The molecule has 12 nitrogen and oxygen atoms in total. The maximum Gasteiger partial charge on any atom is 0.412 e. The number of ether oxygens (including phenoxy) is 2. The van der Waals surface area contributed by atoms with Crippen LogP contribution in [0.2, 0.25) is 4.34 Å². The minimum atomic E-state index is -0.907. The Kier molecular flexibility index (Phi) is 10.1. The summed E-state index contributed by atoms with van der Waals surface area (Å²) in [7, 11) is 0. The third-order valence-electron chi connectivity index (χ3n) is 5.34. The lowest BCUT2D eigenvalue weighted by Gasteiger charge is -2.22. The number of halogens is 1. The van der Waals surface area contributed by atoms with Crippen LogP contribution in [-0.4, -0.2) is 40.0 Å². The summed E-state index contributed by atoms with van der Waals surface area (Å²) < 4.78 is 11.1. The molecule has 0 unspecified atom stereocenters. The van der Waals surface area contributed by atoms with Crippen LogP contribution in [0.5, 0.6) is 0 Å². The van der Waals surface area contributed by atoms with Crippen LogP contribution in [0.1, 0.15) is 77.5 Å². The molecule has 0 saturated carbocycles. The molecule has 3 N–H and O–H groups in total. The summed E-state index contributed by atoms with van der Waals surface area (Å²) in [5.74, 6) is -1.94. The van der Waals surface area contributed by atoms with Crippen molar-refractivity contribution in [2.24, 2.45) is 0 Å². The molecule has 14 heteroatoms. The summed E-state index contributed by atoms with van der Waals surface area (Å²) in [6.07, 6.45) is -0.907. The predicted octanol–water partition coefficient (Wildman–Crippen LogP) is 6.79. The highest BCUT2D eigenvalue weighted by Crippen LogP contribution is 2.29. The van der Waals surface area contributed by atoms with Crippen molar-refractivity contribution in [1.29, 1.82) is 0 Å². The molecule has 3 rings (SSSR count). The first-order chi connectivity index (χ1) is 19.9. The molecule has 2 aromatic carbocycles. The van der Waals surface area contributed by atoms with Crippen LogP contribution in [0.25, 0.3) is 0 Å². The summed E-state index contributed by atoms with van der Waals surface area (Å²) in [5, 5.41) is 19.5. The van der Waals surface area contributed by atoms with Crippen molar-refractivity contribution in [3.05, 3.63) is 84.5 Å². The van der Waals surface area contributed by atoms with Gasteiger partial charge in [-0.25, -0.2) is 9.59 Å². The topological polar surface area (TPSA) is 166 Å². The van der Waals surface area contributed by atoms with E-state index < -0.39 is 45.7 Å². The Morgan fingerprint density at radius 2 is 1.58 bits per heavy atom. The van der Waals surface area contributed by atoms with Crippen molar-refractivity contribution in [1.82, 2.24) is 5.32 Å². The second-order valence-corrected chi connectivity index (χ2v) is 12.9. The fourth-order valence-corrected chi connectivity index (χ4v) is 4.59. The van der Waals surface area contributed by atoms with Crippen molar-refractivity contribution >= 4 is 63.9 Å². The normalized spacial score (nSPS) is 11.3.